The number of hydrogen-bond donors (Lipinski definition) is 0. The number of rotatable bonds is 2. The number of non-ortho nitro benzene ring substituents is 1. The summed E-state index contributed by atoms with van der Waals surface area (Å²) in [5, 5.41) is 10.3. The maximum atomic E-state index is 10.3. The molecule has 0 fully saturated rings. The standard InChI is InChI=1S/C9H8BrNO2/c1-7(6-10)8-2-4-9(5-3-8)11(12)13/h2-6H,1H3/b7-6+. The highest BCUT2D eigenvalue weighted by Gasteiger charge is 2.03. The fraction of sp³-hybridized carbons (Fsp3) is 0.111. The largest absolute Gasteiger partial charge is 0.269 e. The molecule has 0 aromatic heterocycles. The van der Waals surface area contributed by atoms with Gasteiger partial charge in [0.15, 0.2) is 0 Å². The molecule has 0 bridgehead atoms. The second kappa shape index (κ2) is 4.18. The van der Waals surface area contributed by atoms with Crippen molar-refractivity contribution in [3.8, 4) is 0 Å². The van der Waals surface area contributed by atoms with E-state index in [1.54, 1.807) is 17.1 Å². The lowest BCUT2D eigenvalue weighted by Gasteiger charge is -1.98. The third-order valence-electron chi connectivity index (χ3n) is 1.70. The highest BCUT2D eigenvalue weighted by atomic mass is 79.9. The van der Waals surface area contributed by atoms with E-state index in [4.69, 9.17) is 0 Å². The normalized spacial score (nSPS) is 11.4. The fourth-order valence-electron chi connectivity index (χ4n) is 0.909. The SMILES string of the molecule is C/C(=C\Br)c1ccc([N+](=O)[O-])cc1. The molecule has 0 saturated carbocycles. The van der Waals surface area contributed by atoms with Gasteiger partial charge in [0, 0.05) is 12.1 Å². The molecule has 0 aliphatic rings. The predicted octanol–water partition coefficient (Wildman–Crippen LogP) is 3.35. The number of halogens is 1. The minimum Gasteiger partial charge on any atom is -0.258 e. The summed E-state index contributed by atoms with van der Waals surface area (Å²) >= 11 is 3.20. The first-order valence-corrected chi connectivity index (χ1v) is 4.58. The summed E-state index contributed by atoms with van der Waals surface area (Å²) in [6.45, 7) is 1.93. The van der Waals surface area contributed by atoms with Gasteiger partial charge in [-0.2, -0.15) is 0 Å². The molecule has 68 valence electrons. The van der Waals surface area contributed by atoms with Crippen LogP contribution in [0.25, 0.3) is 5.57 Å². The highest BCUT2D eigenvalue weighted by molar-refractivity contribution is 9.11. The van der Waals surface area contributed by atoms with Crippen LogP contribution in [0.3, 0.4) is 0 Å². The molecular formula is C9H8BrNO2. The summed E-state index contributed by atoms with van der Waals surface area (Å²) in [4.78, 5) is 11.7. The van der Waals surface area contributed by atoms with Crippen molar-refractivity contribution in [3.05, 3.63) is 44.9 Å². The molecule has 0 amide bonds. The first kappa shape index (κ1) is 9.92. The first-order valence-electron chi connectivity index (χ1n) is 3.67. The van der Waals surface area contributed by atoms with Crippen molar-refractivity contribution in [2.24, 2.45) is 0 Å². The Hall–Kier alpha value is -1.16. The quantitative estimate of drug-likeness (QED) is 0.589. The van der Waals surface area contributed by atoms with Crippen molar-refractivity contribution < 1.29 is 4.92 Å². The Kier molecular flexibility index (Phi) is 3.19. The van der Waals surface area contributed by atoms with E-state index in [0.717, 1.165) is 11.1 Å². The van der Waals surface area contributed by atoms with Crippen LogP contribution in [0, 0.1) is 10.1 Å². The lowest BCUT2D eigenvalue weighted by Crippen LogP contribution is -1.87. The summed E-state index contributed by atoms with van der Waals surface area (Å²) < 4.78 is 0. The zero-order valence-electron chi connectivity index (χ0n) is 7.03. The van der Waals surface area contributed by atoms with E-state index in [0.29, 0.717) is 0 Å². The van der Waals surface area contributed by atoms with Crippen molar-refractivity contribution in [1.29, 1.82) is 0 Å². The van der Waals surface area contributed by atoms with E-state index < -0.39 is 4.92 Å². The van der Waals surface area contributed by atoms with Crippen LogP contribution in [-0.2, 0) is 0 Å². The molecule has 0 atom stereocenters. The second-order valence-electron chi connectivity index (χ2n) is 2.60. The Labute approximate surface area is 84.4 Å². The first-order chi connectivity index (χ1) is 6.15. The van der Waals surface area contributed by atoms with Gasteiger partial charge in [-0.05, 0) is 35.2 Å². The predicted molar refractivity (Wildman–Crippen MR) is 55.7 cm³/mol. The minimum absolute atomic E-state index is 0.117. The van der Waals surface area contributed by atoms with Crippen molar-refractivity contribution in [3.63, 3.8) is 0 Å². The molecule has 0 unspecified atom stereocenters. The molecule has 0 N–H and O–H groups in total. The van der Waals surface area contributed by atoms with Gasteiger partial charge < -0.3 is 0 Å². The Morgan fingerprint density at radius 2 is 2.00 bits per heavy atom. The number of hydrogen-bond acceptors (Lipinski definition) is 2. The third kappa shape index (κ3) is 2.39. The van der Waals surface area contributed by atoms with Gasteiger partial charge in [-0.15, -0.1) is 0 Å². The average Bonchev–Trinajstić information content (AvgIpc) is 2.17. The zero-order valence-corrected chi connectivity index (χ0v) is 8.61. The van der Waals surface area contributed by atoms with E-state index in [9.17, 15) is 10.1 Å². The molecule has 0 spiro atoms. The van der Waals surface area contributed by atoms with Crippen LogP contribution in [0.2, 0.25) is 0 Å². The topological polar surface area (TPSA) is 43.1 Å². The van der Waals surface area contributed by atoms with Gasteiger partial charge >= 0.3 is 0 Å². The van der Waals surface area contributed by atoms with Gasteiger partial charge in [-0.3, -0.25) is 10.1 Å². The smallest absolute Gasteiger partial charge is 0.258 e. The molecule has 0 aliphatic carbocycles. The van der Waals surface area contributed by atoms with Crippen LogP contribution in [0.4, 0.5) is 5.69 Å². The third-order valence-corrected chi connectivity index (χ3v) is 2.38. The van der Waals surface area contributed by atoms with E-state index in [2.05, 4.69) is 15.9 Å². The number of allylic oxidation sites excluding steroid dienone is 1. The van der Waals surface area contributed by atoms with Gasteiger partial charge in [0.1, 0.15) is 0 Å². The molecule has 0 saturated heterocycles. The Morgan fingerprint density at radius 3 is 2.38 bits per heavy atom. The van der Waals surface area contributed by atoms with Crippen molar-refractivity contribution in [2.45, 2.75) is 6.92 Å². The van der Waals surface area contributed by atoms with Crippen LogP contribution in [0.1, 0.15) is 12.5 Å². The summed E-state index contributed by atoms with van der Waals surface area (Å²) in [6, 6.07) is 6.45. The molecule has 1 aromatic carbocycles. The molecular weight excluding hydrogens is 234 g/mol. The number of nitro benzene ring substituents is 1. The van der Waals surface area contributed by atoms with Gasteiger partial charge in [0.05, 0.1) is 4.92 Å². The lowest BCUT2D eigenvalue weighted by atomic mass is 10.1. The van der Waals surface area contributed by atoms with E-state index >= 15 is 0 Å². The van der Waals surface area contributed by atoms with Crippen molar-refractivity contribution in [2.75, 3.05) is 0 Å². The monoisotopic (exact) mass is 241 g/mol. The van der Waals surface area contributed by atoms with Gasteiger partial charge in [0.2, 0.25) is 0 Å². The molecule has 0 aliphatic heterocycles. The molecule has 1 rings (SSSR count). The Bertz CT molecular complexity index is 343. The summed E-state index contributed by atoms with van der Waals surface area (Å²) in [6.07, 6.45) is 0. The molecule has 0 radical (unpaired) electrons. The zero-order chi connectivity index (χ0) is 9.84. The average molecular weight is 242 g/mol. The maximum Gasteiger partial charge on any atom is 0.269 e. The van der Waals surface area contributed by atoms with Gasteiger partial charge in [0.25, 0.3) is 5.69 Å². The maximum absolute atomic E-state index is 10.3. The molecule has 4 heteroatoms. The Balaban J connectivity index is 3.00. The summed E-state index contributed by atoms with van der Waals surface area (Å²) in [5.74, 6) is 0. The molecule has 1 aromatic rings. The lowest BCUT2D eigenvalue weighted by molar-refractivity contribution is -0.384. The van der Waals surface area contributed by atoms with E-state index in [1.807, 2.05) is 6.92 Å². The minimum atomic E-state index is -0.406. The number of nitrogens with zero attached hydrogens (tertiary/aromatic N) is 1. The van der Waals surface area contributed by atoms with E-state index in [1.165, 1.54) is 12.1 Å². The molecule has 13 heavy (non-hydrogen) atoms. The van der Waals surface area contributed by atoms with Crippen LogP contribution in [0.15, 0.2) is 29.3 Å². The van der Waals surface area contributed by atoms with Crippen molar-refractivity contribution in [1.82, 2.24) is 0 Å². The van der Waals surface area contributed by atoms with Gasteiger partial charge in [-0.1, -0.05) is 15.9 Å². The van der Waals surface area contributed by atoms with Crippen LogP contribution >= 0.6 is 15.9 Å². The fourth-order valence-corrected chi connectivity index (χ4v) is 1.17. The second-order valence-corrected chi connectivity index (χ2v) is 3.05. The number of benzene rings is 1. The van der Waals surface area contributed by atoms with E-state index in [-0.39, 0.29) is 5.69 Å². The number of nitro groups is 1. The molecule has 0 heterocycles. The summed E-state index contributed by atoms with van der Waals surface area (Å²) in [7, 11) is 0. The Morgan fingerprint density at radius 1 is 1.46 bits per heavy atom. The van der Waals surface area contributed by atoms with Gasteiger partial charge in [-0.25, -0.2) is 0 Å². The van der Waals surface area contributed by atoms with Crippen molar-refractivity contribution >= 4 is 27.2 Å². The molecule has 3 nitrogen and oxygen atoms in total. The van der Waals surface area contributed by atoms with Crippen LogP contribution in [0.5, 0.6) is 0 Å². The van der Waals surface area contributed by atoms with Crippen LogP contribution in [-0.4, -0.2) is 4.92 Å². The highest BCUT2D eigenvalue weighted by Crippen LogP contribution is 2.18. The summed E-state index contributed by atoms with van der Waals surface area (Å²) in [5.41, 5.74) is 2.13. The van der Waals surface area contributed by atoms with Crippen LogP contribution < -0.4 is 0 Å².